The molecule has 1 aromatic heterocycles. The zero-order valence-electron chi connectivity index (χ0n) is 13.4. The molecule has 6 heteroatoms. The Bertz CT molecular complexity index is 526. The lowest BCUT2D eigenvalue weighted by Gasteiger charge is -2.29. The van der Waals surface area contributed by atoms with Gasteiger partial charge in [-0.05, 0) is 37.1 Å². The number of hydrogen-bond acceptors (Lipinski definition) is 3. The molecule has 1 aromatic rings. The molecule has 2 aliphatic rings. The fourth-order valence-electron chi connectivity index (χ4n) is 3.49. The first-order valence-electron chi connectivity index (χ1n) is 8.61. The average molecular weight is 335 g/mol. The van der Waals surface area contributed by atoms with Crippen LogP contribution in [0.2, 0.25) is 0 Å². The van der Waals surface area contributed by atoms with Crippen LogP contribution in [0.1, 0.15) is 49.8 Å². The molecule has 0 spiro atoms. The van der Waals surface area contributed by atoms with Crippen molar-refractivity contribution in [3.63, 3.8) is 0 Å². The molecule has 5 nitrogen and oxygen atoms in total. The minimum Gasteiger partial charge on any atom is -0.349 e. The Morgan fingerprint density at radius 3 is 2.74 bits per heavy atom. The molecule has 2 N–H and O–H groups in total. The van der Waals surface area contributed by atoms with E-state index in [0.29, 0.717) is 13.1 Å². The van der Waals surface area contributed by atoms with Gasteiger partial charge < -0.3 is 15.5 Å². The fourth-order valence-corrected chi connectivity index (χ4v) is 4.14. The van der Waals surface area contributed by atoms with Gasteiger partial charge in [0.15, 0.2) is 0 Å². The van der Waals surface area contributed by atoms with Crippen molar-refractivity contribution in [2.75, 3.05) is 6.54 Å². The summed E-state index contributed by atoms with van der Waals surface area (Å²) in [6.07, 6.45) is 7.43. The lowest BCUT2D eigenvalue weighted by molar-refractivity contribution is -0.124. The van der Waals surface area contributed by atoms with Crippen LogP contribution in [-0.2, 0) is 11.3 Å². The van der Waals surface area contributed by atoms with Crippen molar-refractivity contribution < 1.29 is 9.59 Å². The number of urea groups is 1. The molecule has 1 saturated heterocycles. The standard InChI is InChI=1S/C17H25N3O2S/c21-16(18-12-14-8-5-11-23-14)15-9-4-10-20(15)17(22)19-13-6-2-1-3-7-13/h5,8,11,13,15H,1-4,6-7,9-10,12H2,(H,18,21)(H,19,22)/t15-/m0/s1. The Balaban J connectivity index is 1.51. The summed E-state index contributed by atoms with van der Waals surface area (Å²) in [6.45, 7) is 1.22. The van der Waals surface area contributed by atoms with E-state index in [0.717, 1.165) is 30.6 Å². The number of nitrogens with one attached hydrogen (secondary N) is 2. The summed E-state index contributed by atoms with van der Waals surface area (Å²) in [6, 6.07) is 3.88. The summed E-state index contributed by atoms with van der Waals surface area (Å²) in [7, 11) is 0. The highest BCUT2D eigenvalue weighted by Crippen LogP contribution is 2.21. The predicted molar refractivity (Wildman–Crippen MR) is 91.3 cm³/mol. The van der Waals surface area contributed by atoms with Gasteiger partial charge in [0.05, 0.1) is 6.54 Å². The van der Waals surface area contributed by atoms with Crippen molar-refractivity contribution in [3.8, 4) is 0 Å². The molecule has 0 radical (unpaired) electrons. The van der Waals surface area contributed by atoms with Gasteiger partial charge in [-0.1, -0.05) is 25.3 Å². The van der Waals surface area contributed by atoms with Crippen LogP contribution in [0.3, 0.4) is 0 Å². The number of thiophene rings is 1. The molecule has 1 saturated carbocycles. The molecule has 23 heavy (non-hydrogen) atoms. The zero-order valence-corrected chi connectivity index (χ0v) is 14.2. The lowest BCUT2D eigenvalue weighted by Crippen LogP contribution is -2.51. The third-order valence-electron chi connectivity index (χ3n) is 4.77. The van der Waals surface area contributed by atoms with Crippen LogP contribution in [0.15, 0.2) is 17.5 Å². The van der Waals surface area contributed by atoms with E-state index < -0.39 is 0 Å². The van der Waals surface area contributed by atoms with Gasteiger partial charge in [0, 0.05) is 17.5 Å². The number of likely N-dealkylation sites (tertiary alicyclic amines) is 1. The smallest absolute Gasteiger partial charge is 0.318 e. The van der Waals surface area contributed by atoms with E-state index >= 15 is 0 Å². The first-order chi connectivity index (χ1) is 11.2. The van der Waals surface area contributed by atoms with E-state index in [4.69, 9.17) is 0 Å². The highest BCUT2D eigenvalue weighted by atomic mass is 32.1. The highest BCUT2D eigenvalue weighted by Gasteiger charge is 2.34. The van der Waals surface area contributed by atoms with Crippen molar-refractivity contribution in [1.82, 2.24) is 15.5 Å². The molecule has 0 bridgehead atoms. The van der Waals surface area contributed by atoms with Gasteiger partial charge in [0.1, 0.15) is 6.04 Å². The predicted octanol–water partition coefficient (Wildman–Crippen LogP) is 2.87. The number of nitrogens with zero attached hydrogens (tertiary/aromatic N) is 1. The highest BCUT2D eigenvalue weighted by molar-refractivity contribution is 7.09. The summed E-state index contributed by atoms with van der Waals surface area (Å²) < 4.78 is 0. The van der Waals surface area contributed by atoms with E-state index in [1.165, 1.54) is 19.3 Å². The lowest BCUT2D eigenvalue weighted by atomic mass is 9.96. The zero-order chi connectivity index (χ0) is 16.1. The minimum absolute atomic E-state index is 0.0327. The van der Waals surface area contributed by atoms with Crippen molar-refractivity contribution in [2.45, 2.75) is 63.6 Å². The Labute approximate surface area is 141 Å². The maximum absolute atomic E-state index is 12.5. The third-order valence-corrected chi connectivity index (χ3v) is 5.64. The normalized spacial score (nSPS) is 22.1. The van der Waals surface area contributed by atoms with Crippen LogP contribution in [0.4, 0.5) is 4.79 Å². The second-order valence-electron chi connectivity index (χ2n) is 6.43. The first kappa shape index (κ1) is 16.3. The average Bonchev–Trinajstić information content (AvgIpc) is 3.25. The van der Waals surface area contributed by atoms with Gasteiger partial charge in [-0.15, -0.1) is 11.3 Å². The number of hydrogen-bond donors (Lipinski definition) is 2. The Kier molecular flexibility index (Phi) is 5.54. The second-order valence-corrected chi connectivity index (χ2v) is 7.47. The van der Waals surface area contributed by atoms with Crippen molar-refractivity contribution in [2.24, 2.45) is 0 Å². The van der Waals surface area contributed by atoms with Crippen molar-refractivity contribution >= 4 is 23.3 Å². The minimum atomic E-state index is -0.321. The molecule has 1 aliphatic heterocycles. The van der Waals surface area contributed by atoms with Gasteiger partial charge in [-0.2, -0.15) is 0 Å². The molecule has 2 heterocycles. The van der Waals surface area contributed by atoms with E-state index in [-0.39, 0.29) is 24.0 Å². The molecule has 0 aromatic carbocycles. The maximum Gasteiger partial charge on any atom is 0.318 e. The molecule has 1 aliphatic carbocycles. The molecular weight excluding hydrogens is 310 g/mol. The van der Waals surface area contributed by atoms with Crippen LogP contribution in [0.5, 0.6) is 0 Å². The van der Waals surface area contributed by atoms with Gasteiger partial charge >= 0.3 is 6.03 Å². The maximum atomic E-state index is 12.5. The van der Waals surface area contributed by atoms with Gasteiger partial charge in [0.25, 0.3) is 0 Å². The Morgan fingerprint density at radius 2 is 2.00 bits per heavy atom. The van der Waals surface area contributed by atoms with E-state index in [1.54, 1.807) is 16.2 Å². The van der Waals surface area contributed by atoms with Crippen LogP contribution >= 0.6 is 11.3 Å². The van der Waals surface area contributed by atoms with Gasteiger partial charge in [0.2, 0.25) is 5.91 Å². The monoisotopic (exact) mass is 335 g/mol. The first-order valence-corrected chi connectivity index (χ1v) is 9.49. The van der Waals surface area contributed by atoms with E-state index in [9.17, 15) is 9.59 Å². The third kappa shape index (κ3) is 4.25. The molecule has 0 unspecified atom stereocenters. The number of rotatable bonds is 4. The fraction of sp³-hybridized carbons (Fsp3) is 0.647. The number of carbonyl (C=O) groups excluding carboxylic acids is 2. The topological polar surface area (TPSA) is 61.4 Å². The van der Waals surface area contributed by atoms with Gasteiger partial charge in [-0.25, -0.2) is 4.79 Å². The number of amides is 3. The van der Waals surface area contributed by atoms with Crippen LogP contribution in [0, 0.1) is 0 Å². The molecule has 2 fully saturated rings. The largest absolute Gasteiger partial charge is 0.349 e. The molecule has 3 rings (SSSR count). The van der Waals surface area contributed by atoms with Crippen LogP contribution in [-0.4, -0.2) is 35.5 Å². The Hall–Kier alpha value is -1.56. The summed E-state index contributed by atoms with van der Waals surface area (Å²) >= 11 is 1.63. The summed E-state index contributed by atoms with van der Waals surface area (Å²) in [5, 5.41) is 8.09. The van der Waals surface area contributed by atoms with Crippen LogP contribution in [0.25, 0.3) is 0 Å². The van der Waals surface area contributed by atoms with Crippen molar-refractivity contribution in [1.29, 1.82) is 0 Å². The summed E-state index contributed by atoms with van der Waals surface area (Å²) in [5.41, 5.74) is 0. The number of carbonyl (C=O) groups is 2. The SMILES string of the molecule is O=C(NCc1cccs1)[C@@H]1CCCN1C(=O)NC1CCCCC1. The van der Waals surface area contributed by atoms with Gasteiger partial charge in [-0.3, -0.25) is 4.79 Å². The van der Waals surface area contributed by atoms with Crippen molar-refractivity contribution in [3.05, 3.63) is 22.4 Å². The van der Waals surface area contributed by atoms with Crippen LogP contribution < -0.4 is 10.6 Å². The summed E-state index contributed by atoms with van der Waals surface area (Å²) in [5.74, 6) is -0.0327. The molecule has 126 valence electrons. The molecular formula is C17H25N3O2S. The Morgan fingerprint density at radius 1 is 1.17 bits per heavy atom. The molecule has 1 atom stereocenters. The van der Waals surface area contributed by atoms with E-state index in [2.05, 4.69) is 10.6 Å². The second kappa shape index (κ2) is 7.81. The molecule has 3 amide bonds. The summed E-state index contributed by atoms with van der Waals surface area (Å²) in [4.78, 5) is 27.8. The van der Waals surface area contributed by atoms with E-state index in [1.807, 2.05) is 17.5 Å². The quantitative estimate of drug-likeness (QED) is 0.889.